The maximum atomic E-state index is 10.7. The van der Waals surface area contributed by atoms with Crippen molar-refractivity contribution in [1.29, 1.82) is 0 Å². The number of nitrogens with zero attached hydrogens (tertiary/aromatic N) is 2. The molecule has 5 heteroatoms. The Balaban J connectivity index is 2.15. The van der Waals surface area contributed by atoms with Crippen LogP contribution in [0.5, 0.6) is 0 Å². The molecule has 0 aliphatic carbocycles. The minimum atomic E-state index is -1.08. The van der Waals surface area contributed by atoms with E-state index in [0.29, 0.717) is 12.3 Å². The molecule has 0 amide bonds. The van der Waals surface area contributed by atoms with Crippen LogP contribution in [0.2, 0.25) is 0 Å². The van der Waals surface area contributed by atoms with E-state index in [9.17, 15) is 4.79 Å². The first-order valence-electron chi connectivity index (χ1n) is 5.94. The summed E-state index contributed by atoms with van der Waals surface area (Å²) in [5.41, 5.74) is 3.39. The molecule has 0 aliphatic heterocycles. The zero-order chi connectivity index (χ0) is 14.0. The van der Waals surface area contributed by atoms with Gasteiger partial charge in [0.05, 0.1) is 6.54 Å². The fourth-order valence-corrected chi connectivity index (χ4v) is 2.04. The van der Waals surface area contributed by atoms with E-state index in [1.807, 2.05) is 37.9 Å². The lowest BCUT2D eigenvalue weighted by molar-refractivity contribution is 0.0685. The molecule has 1 N–H and O–H groups in total. The standard InChI is InChI=1S/C14H16N2O3/c1-9-4-5-13(10(2)6-9)16(3)8-11-7-12(14(17)18)15-19-11/h4-7H,8H2,1-3H3,(H,17,18). The molecule has 100 valence electrons. The maximum Gasteiger partial charge on any atom is 0.358 e. The zero-order valence-corrected chi connectivity index (χ0v) is 11.2. The van der Waals surface area contributed by atoms with Gasteiger partial charge in [-0.25, -0.2) is 4.79 Å². The molecule has 0 unspecified atom stereocenters. The van der Waals surface area contributed by atoms with Gasteiger partial charge in [-0.2, -0.15) is 0 Å². The van der Waals surface area contributed by atoms with Crippen LogP contribution in [0.1, 0.15) is 27.4 Å². The Morgan fingerprint density at radius 3 is 2.68 bits per heavy atom. The predicted molar refractivity (Wildman–Crippen MR) is 71.5 cm³/mol. The van der Waals surface area contributed by atoms with E-state index in [1.165, 1.54) is 17.2 Å². The molecule has 0 aliphatic rings. The summed E-state index contributed by atoms with van der Waals surface area (Å²) in [6.07, 6.45) is 0. The molecule has 0 saturated heterocycles. The summed E-state index contributed by atoms with van der Waals surface area (Å²) in [7, 11) is 1.93. The Kier molecular flexibility index (Phi) is 3.55. The second-order valence-electron chi connectivity index (χ2n) is 4.63. The number of carboxylic acids is 1. The molecule has 0 atom stereocenters. The number of carbonyl (C=O) groups is 1. The smallest absolute Gasteiger partial charge is 0.358 e. The first-order chi connectivity index (χ1) is 8.97. The van der Waals surface area contributed by atoms with E-state index in [0.717, 1.165) is 5.69 Å². The zero-order valence-electron chi connectivity index (χ0n) is 11.2. The highest BCUT2D eigenvalue weighted by Crippen LogP contribution is 2.21. The summed E-state index contributed by atoms with van der Waals surface area (Å²) < 4.78 is 5.01. The summed E-state index contributed by atoms with van der Waals surface area (Å²) in [6, 6.07) is 7.64. The Morgan fingerprint density at radius 2 is 2.11 bits per heavy atom. The van der Waals surface area contributed by atoms with Crippen molar-refractivity contribution in [3.05, 3.63) is 46.8 Å². The van der Waals surface area contributed by atoms with Crippen molar-refractivity contribution in [2.45, 2.75) is 20.4 Å². The van der Waals surface area contributed by atoms with Gasteiger partial charge in [-0.05, 0) is 25.5 Å². The van der Waals surface area contributed by atoms with Crippen molar-refractivity contribution in [2.75, 3.05) is 11.9 Å². The number of hydrogen-bond donors (Lipinski definition) is 1. The van der Waals surface area contributed by atoms with Gasteiger partial charge in [0.15, 0.2) is 11.5 Å². The number of rotatable bonds is 4. The highest BCUT2D eigenvalue weighted by atomic mass is 16.5. The molecule has 5 nitrogen and oxygen atoms in total. The Morgan fingerprint density at radius 1 is 1.37 bits per heavy atom. The Hall–Kier alpha value is -2.30. The van der Waals surface area contributed by atoms with Crippen LogP contribution in [0.3, 0.4) is 0 Å². The molecule has 2 rings (SSSR count). The highest BCUT2D eigenvalue weighted by Gasteiger charge is 2.13. The molecule has 19 heavy (non-hydrogen) atoms. The van der Waals surface area contributed by atoms with Gasteiger partial charge in [0.25, 0.3) is 0 Å². The van der Waals surface area contributed by atoms with Crippen LogP contribution in [0.25, 0.3) is 0 Å². The third-order valence-corrected chi connectivity index (χ3v) is 2.93. The average Bonchev–Trinajstić information content (AvgIpc) is 2.77. The lowest BCUT2D eigenvalue weighted by atomic mass is 10.1. The minimum Gasteiger partial charge on any atom is -0.476 e. The van der Waals surface area contributed by atoms with E-state index < -0.39 is 5.97 Å². The largest absolute Gasteiger partial charge is 0.476 e. The molecule has 0 fully saturated rings. The van der Waals surface area contributed by atoms with Gasteiger partial charge >= 0.3 is 5.97 Å². The number of carboxylic acid groups (broad SMARTS) is 1. The van der Waals surface area contributed by atoms with E-state index in [1.54, 1.807) is 0 Å². The second-order valence-corrected chi connectivity index (χ2v) is 4.63. The Bertz CT molecular complexity index is 604. The molecule has 0 spiro atoms. The first kappa shape index (κ1) is 13.1. The van der Waals surface area contributed by atoms with Crippen molar-refractivity contribution < 1.29 is 14.4 Å². The average molecular weight is 260 g/mol. The van der Waals surface area contributed by atoms with Crippen LogP contribution in [0.4, 0.5) is 5.69 Å². The second kappa shape index (κ2) is 5.14. The van der Waals surface area contributed by atoms with Crippen LogP contribution in [-0.2, 0) is 6.54 Å². The van der Waals surface area contributed by atoms with Crippen LogP contribution in [0.15, 0.2) is 28.8 Å². The molecule has 1 heterocycles. The summed E-state index contributed by atoms with van der Waals surface area (Å²) in [4.78, 5) is 12.7. The molecule has 0 bridgehead atoms. The minimum absolute atomic E-state index is 0.0657. The van der Waals surface area contributed by atoms with E-state index in [4.69, 9.17) is 9.63 Å². The van der Waals surface area contributed by atoms with Gasteiger partial charge in [0.1, 0.15) is 0 Å². The summed E-state index contributed by atoms with van der Waals surface area (Å²) >= 11 is 0. The van der Waals surface area contributed by atoms with Crippen molar-refractivity contribution in [1.82, 2.24) is 5.16 Å². The lowest BCUT2D eigenvalue weighted by Crippen LogP contribution is -2.17. The number of aryl methyl sites for hydroxylation is 2. The van der Waals surface area contributed by atoms with E-state index >= 15 is 0 Å². The third kappa shape index (κ3) is 2.93. The summed E-state index contributed by atoms with van der Waals surface area (Å²) in [5.74, 6) is -0.552. The molecule has 1 aromatic carbocycles. The molecular weight excluding hydrogens is 244 g/mol. The van der Waals surface area contributed by atoms with Gasteiger partial charge < -0.3 is 14.5 Å². The van der Waals surface area contributed by atoms with Gasteiger partial charge in [-0.15, -0.1) is 0 Å². The fourth-order valence-electron chi connectivity index (χ4n) is 2.04. The highest BCUT2D eigenvalue weighted by molar-refractivity contribution is 5.85. The third-order valence-electron chi connectivity index (χ3n) is 2.93. The maximum absolute atomic E-state index is 10.7. The van der Waals surface area contributed by atoms with Gasteiger partial charge in [0, 0.05) is 18.8 Å². The number of aromatic nitrogens is 1. The number of anilines is 1. The monoisotopic (exact) mass is 260 g/mol. The van der Waals surface area contributed by atoms with Crippen molar-refractivity contribution in [3.63, 3.8) is 0 Å². The normalized spacial score (nSPS) is 10.5. The van der Waals surface area contributed by atoms with Crippen molar-refractivity contribution >= 4 is 11.7 Å². The SMILES string of the molecule is Cc1ccc(N(C)Cc2cc(C(=O)O)no2)c(C)c1. The molecular formula is C14H16N2O3. The fraction of sp³-hybridized carbons (Fsp3) is 0.286. The number of hydrogen-bond acceptors (Lipinski definition) is 4. The van der Waals surface area contributed by atoms with Crippen LogP contribution < -0.4 is 4.90 Å². The number of aromatic carboxylic acids is 1. The molecule has 0 radical (unpaired) electrons. The molecule has 0 saturated carbocycles. The van der Waals surface area contributed by atoms with Gasteiger partial charge in [-0.1, -0.05) is 22.9 Å². The van der Waals surface area contributed by atoms with Crippen molar-refractivity contribution in [3.8, 4) is 0 Å². The van der Waals surface area contributed by atoms with E-state index in [2.05, 4.69) is 11.2 Å². The predicted octanol–water partition coefficient (Wildman–Crippen LogP) is 2.63. The van der Waals surface area contributed by atoms with Crippen LogP contribution >= 0.6 is 0 Å². The van der Waals surface area contributed by atoms with Crippen LogP contribution in [-0.4, -0.2) is 23.3 Å². The summed E-state index contributed by atoms with van der Waals surface area (Å²) in [6.45, 7) is 4.57. The topological polar surface area (TPSA) is 66.6 Å². The van der Waals surface area contributed by atoms with Crippen molar-refractivity contribution in [2.24, 2.45) is 0 Å². The lowest BCUT2D eigenvalue weighted by Gasteiger charge is -2.20. The quantitative estimate of drug-likeness (QED) is 0.915. The van der Waals surface area contributed by atoms with E-state index in [-0.39, 0.29) is 5.69 Å². The first-order valence-corrected chi connectivity index (χ1v) is 5.94. The number of benzene rings is 1. The van der Waals surface area contributed by atoms with Gasteiger partial charge in [-0.3, -0.25) is 0 Å². The molecule has 1 aromatic heterocycles. The summed E-state index contributed by atoms with van der Waals surface area (Å²) in [5, 5.41) is 12.3. The van der Waals surface area contributed by atoms with Crippen LogP contribution in [0, 0.1) is 13.8 Å². The Labute approximate surface area is 111 Å². The van der Waals surface area contributed by atoms with Gasteiger partial charge in [0.2, 0.25) is 0 Å². The molecule has 2 aromatic rings.